The normalized spacial score (nSPS) is 17.5. The maximum absolute atomic E-state index is 6.18. The quantitative estimate of drug-likeness (QED) is 0.320. The van der Waals surface area contributed by atoms with Crippen molar-refractivity contribution in [2.45, 2.75) is 39.5 Å². The number of likely N-dealkylation sites (N-methyl/N-ethyl adjacent to an activating group) is 1. The lowest BCUT2D eigenvalue weighted by atomic mass is 10.2. The minimum Gasteiger partial charge on any atom is -0.491 e. The molecule has 2 aliphatic rings. The average molecular weight is 441 g/mol. The maximum atomic E-state index is 6.18. The molecule has 0 saturated carbocycles. The molecule has 2 aliphatic heterocycles. The standard InChI is InChI=1S/C25H36N4O3/c1-4-6-14-31-24-19-23(29-12-16-30-17-13-29)25(32-15-7-5-2)18-22(24)27-26-20-21-10-8-9-11-28(21)3/h8-11,18-20H,4-7,12-17H2,1-3H3. The molecule has 0 aromatic heterocycles. The number of allylic oxidation sites excluding steroid dienone is 3. The summed E-state index contributed by atoms with van der Waals surface area (Å²) in [4.78, 5) is 4.30. The third-order valence-corrected chi connectivity index (χ3v) is 5.35. The Kier molecular flexibility index (Phi) is 9.62. The number of azo groups is 1. The van der Waals surface area contributed by atoms with Crippen molar-refractivity contribution in [1.82, 2.24) is 4.90 Å². The molecular formula is C25H36N4O3. The van der Waals surface area contributed by atoms with E-state index in [1.165, 1.54) is 0 Å². The molecule has 7 nitrogen and oxygen atoms in total. The zero-order valence-electron chi connectivity index (χ0n) is 19.6. The molecule has 174 valence electrons. The molecule has 0 aliphatic carbocycles. The lowest BCUT2D eigenvalue weighted by Gasteiger charge is -2.31. The van der Waals surface area contributed by atoms with E-state index in [1.807, 2.05) is 42.4 Å². The number of anilines is 1. The summed E-state index contributed by atoms with van der Waals surface area (Å²) in [5.74, 6) is 1.56. The molecule has 3 rings (SSSR count). The summed E-state index contributed by atoms with van der Waals surface area (Å²) in [6.07, 6.45) is 13.9. The second-order valence-electron chi connectivity index (χ2n) is 7.87. The molecule has 1 fully saturated rings. The fraction of sp³-hybridized carbons (Fsp3) is 0.520. The van der Waals surface area contributed by atoms with Crippen molar-refractivity contribution < 1.29 is 14.2 Å². The third kappa shape index (κ3) is 6.85. The Morgan fingerprint density at radius 2 is 1.72 bits per heavy atom. The Labute approximate surface area is 192 Å². The Morgan fingerprint density at radius 1 is 1.00 bits per heavy atom. The van der Waals surface area contributed by atoms with Gasteiger partial charge in [0.15, 0.2) is 0 Å². The van der Waals surface area contributed by atoms with Crippen LogP contribution in [-0.4, -0.2) is 51.5 Å². The van der Waals surface area contributed by atoms with Crippen molar-refractivity contribution in [1.29, 1.82) is 0 Å². The minimum atomic E-state index is 0.648. The van der Waals surface area contributed by atoms with Gasteiger partial charge in [0.2, 0.25) is 0 Å². The van der Waals surface area contributed by atoms with E-state index in [-0.39, 0.29) is 0 Å². The molecule has 0 unspecified atom stereocenters. The van der Waals surface area contributed by atoms with Crippen LogP contribution >= 0.6 is 0 Å². The van der Waals surface area contributed by atoms with Gasteiger partial charge in [-0.1, -0.05) is 32.8 Å². The van der Waals surface area contributed by atoms with Crippen LogP contribution in [0.15, 0.2) is 58.7 Å². The predicted molar refractivity (Wildman–Crippen MR) is 129 cm³/mol. The molecule has 1 aromatic carbocycles. The van der Waals surface area contributed by atoms with E-state index in [2.05, 4.69) is 35.0 Å². The van der Waals surface area contributed by atoms with Crippen molar-refractivity contribution in [2.24, 2.45) is 10.2 Å². The first-order chi connectivity index (χ1) is 15.7. The Morgan fingerprint density at radius 3 is 2.41 bits per heavy atom. The van der Waals surface area contributed by atoms with E-state index < -0.39 is 0 Å². The molecule has 0 N–H and O–H groups in total. The van der Waals surface area contributed by atoms with Gasteiger partial charge < -0.3 is 24.0 Å². The summed E-state index contributed by atoms with van der Waals surface area (Å²) in [6, 6.07) is 4.02. The Hall–Kier alpha value is -2.80. The lowest BCUT2D eigenvalue weighted by Crippen LogP contribution is -2.36. The highest BCUT2D eigenvalue weighted by atomic mass is 16.5. The number of hydrogen-bond acceptors (Lipinski definition) is 7. The SMILES string of the molecule is CCCCOc1cc(N2CCOCC2)c(OCCCC)cc1N=NC=C1C=CC=CN1C. The molecule has 1 saturated heterocycles. The molecule has 0 bridgehead atoms. The van der Waals surface area contributed by atoms with E-state index in [4.69, 9.17) is 14.2 Å². The predicted octanol–water partition coefficient (Wildman–Crippen LogP) is 5.82. The Balaban J connectivity index is 1.91. The summed E-state index contributed by atoms with van der Waals surface area (Å²) in [6.45, 7) is 8.73. The van der Waals surface area contributed by atoms with E-state index in [1.54, 1.807) is 6.20 Å². The number of ether oxygens (including phenoxy) is 3. The van der Waals surface area contributed by atoms with Gasteiger partial charge in [-0.05, 0) is 25.0 Å². The van der Waals surface area contributed by atoms with E-state index in [9.17, 15) is 0 Å². The average Bonchev–Trinajstić information content (AvgIpc) is 2.82. The molecule has 7 heteroatoms. The molecule has 0 amide bonds. The van der Waals surface area contributed by atoms with Crippen LogP contribution in [0.4, 0.5) is 11.4 Å². The van der Waals surface area contributed by atoms with Crippen molar-refractivity contribution in [2.75, 3.05) is 51.5 Å². The number of morpholine rings is 1. The van der Waals surface area contributed by atoms with Crippen molar-refractivity contribution in [3.05, 3.63) is 48.5 Å². The number of benzene rings is 1. The molecule has 0 spiro atoms. The molecule has 0 atom stereocenters. The summed E-state index contributed by atoms with van der Waals surface area (Å²) in [7, 11) is 1.98. The molecule has 0 radical (unpaired) electrons. The van der Waals surface area contributed by atoms with Gasteiger partial charge >= 0.3 is 0 Å². The van der Waals surface area contributed by atoms with E-state index in [0.29, 0.717) is 32.1 Å². The summed E-state index contributed by atoms with van der Waals surface area (Å²) < 4.78 is 17.9. The van der Waals surface area contributed by atoms with Crippen LogP contribution in [0.2, 0.25) is 0 Å². The molecule has 1 aromatic rings. The number of nitrogens with zero attached hydrogens (tertiary/aromatic N) is 4. The van der Waals surface area contributed by atoms with Gasteiger partial charge in [-0.25, -0.2) is 0 Å². The van der Waals surface area contributed by atoms with E-state index in [0.717, 1.165) is 61.7 Å². The van der Waals surface area contributed by atoms with Gasteiger partial charge in [0.1, 0.15) is 17.2 Å². The second-order valence-corrected chi connectivity index (χ2v) is 7.87. The largest absolute Gasteiger partial charge is 0.491 e. The van der Waals surface area contributed by atoms with Crippen LogP contribution < -0.4 is 14.4 Å². The van der Waals surface area contributed by atoms with Gasteiger partial charge in [0.05, 0.1) is 44.0 Å². The highest BCUT2D eigenvalue weighted by Gasteiger charge is 2.20. The first kappa shape index (κ1) is 23.9. The summed E-state index contributed by atoms with van der Waals surface area (Å²) >= 11 is 0. The van der Waals surface area contributed by atoms with Crippen LogP contribution in [0.25, 0.3) is 0 Å². The molecule has 32 heavy (non-hydrogen) atoms. The minimum absolute atomic E-state index is 0.648. The highest BCUT2D eigenvalue weighted by molar-refractivity contribution is 5.70. The number of hydrogen-bond donors (Lipinski definition) is 0. The number of rotatable bonds is 11. The second kappa shape index (κ2) is 12.9. The van der Waals surface area contributed by atoms with Gasteiger partial charge in [0, 0.05) is 38.5 Å². The lowest BCUT2D eigenvalue weighted by molar-refractivity contribution is 0.122. The van der Waals surface area contributed by atoms with Crippen LogP contribution in [0, 0.1) is 0 Å². The van der Waals surface area contributed by atoms with Crippen LogP contribution in [0.3, 0.4) is 0 Å². The molecule has 2 heterocycles. The maximum Gasteiger partial charge on any atom is 0.149 e. The zero-order valence-corrected chi connectivity index (χ0v) is 19.6. The third-order valence-electron chi connectivity index (χ3n) is 5.35. The van der Waals surface area contributed by atoms with Gasteiger partial charge in [0.25, 0.3) is 0 Å². The smallest absolute Gasteiger partial charge is 0.149 e. The first-order valence-corrected chi connectivity index (χ1v) is 11.7. The highest BCUT2D eigenvalue weighted by Crippen LogP contribution is 2.41. The fourth-order valence-corrected chi connectivity index (χ4v) is 3.37. The van der Waals surface area contributed by atoms with Gasteiger partial charge in [-0.15, -0.1) is 5.11 Å². The van der Waals surface area contributed by atoms with Crippen LogP contribution in [0.1, 0.15) is 39.5 Å². The first-order valence-electron chi connectivity index (χ1n) is 11.7. The van der Waals surface area contributed by atoms with Gasteiger partial charge in [-0.3, -0.25) is 0 Å². The molecular weight excluding hydrogens is 404 g/mol. The van der Waals surface area contributed by atoms with E-state index >= 15 is 0 Å². The van der Waals surface area contributed by atoms with Crippen molar-refractivity contribution in [3.8, 4) is 11.5 Å². The van der Waals surface area contributed by atoms with Crippen LogP contribution in [-0.2, 0) is 4.74 Å². The van der Waals surface area contributed by atoms with Crippen LogP contribution in [0.5, 0.6) is 11.5 Å². The van der Waals surface area contributed by atoms with Crippen molar-refractivity contribution >= 4 is 11.4 Å². The zero-order chi connectivity index (χ0) is 22.6. The van der Waals surface area contributed by atoms with Crippen molar-refractivity contribution in [3.63, 3.8) is 0 Å². The summed E-state index contributed by atoms with van der Waals surface area (Å²) in [5, 5.41) is 8.86. The van der Waals surface area contributed by atoms with Gasteiger partial charge in [-0.2, -0.15) is 5.11 Å². The number of unbranched alkanes of at least 4 members (excludes halogenated alkanes) is 2. The summed E-state index contributed by atoms with van der Waals surface area (Å²) in [5.41, 5.74) is 2.68. The fourth-order valence-electron chi connectivity index (χ4n) is 3.37. The Bertz CT molecular complexity index is 842. The topological polar surface area (TPSA) is 58.9 Å². The monoisotopic (exact) mass is 440 g/mol.